The molecule has 0 spiro atoms. The number of rotatable bonds is 6. The summed E-state index contributed by atoms with van der Waals surface area (Å²) in [6.45, 7) is 2.22. The lowest BCUT2D eigenvalue weighted by Crippen LogP contribution is -2.05. The van der Waals surface area contributed by atoms with E-state index in [-0.39, 0.29) is 5.56 Å². The van der Waals surface area contributed by atoms with Gasteiger partial charge in [-0.25, -0.2) is 14.5 Å². The number of aromatic carboxylic acids is 1. The van der Waals surface area contributed by atoms with Crippen molar-refractivity contribution in [3.8, 4) is 23.0 Å². The van der Waals surface area contributed by atoms with Crippen LogP contribution in [0.25, 0.3) is 33.3 Å². The van der Waals surface area contributed by atoms with E-state index in [2.05, 4.69) is 17.2 Å². The van der Waals surface area contributed by atoms with Gasteiger partial charge in [0.2, 0.25) is 0 Å². The minimum atomic E-state index is -1.03. The van der Waals surface area contributed by atoms with E-state index in [0.29, 0.717) is 34.7 Å². The molecule has 0 unspecified atom stereocenters. The number of carboxylic acids is 1. The second-order valence-electron chi connectivity index (χ2n) is 8.50. The normalized spacial score (nSPS) is 11.2. The van der Waals surface area contributed by atoms with Crippen LogP contribution >= 0.6 is 0 Å². The van der Waals surface area contributed by atoms with E-state index in [1.54, 1.807) is 23.7 Å². The first-order chi connectivity index (χ1) is 17.6. The van der Waals surface area contributed by atoms with Crippen LogP contribution in [0.15, 0.2) is 95.6 Å². The largest absolute Gasteiger partial charge is 0.478 e. The highest BCUT2D eigenvalue weighted by Crippen LogP contribution is 2.31. The molecule has 7 heteroatoms. The van der Waals surface area contributed by atoms with Crippen molar-refractivity contribution in [2.75, 3.05) is 0 Å². The summed E-state index contributed by atoms with van der Waals surface area (Å²) in [4.78, 5) is 16.7. The van der Waals surface area contributed by atoms with Gasteiger partial charge in [0.05, 0.1) is 29.5 Å². The van der Waals surface area contributed by atoms with Gasteiger partial charge in [-0.05, 0) is 54.3 Å². The van der Waals surface area contributed by atoms with Gasteiger partial charge in [0, 0.05) is 5.39 Å². The molecular weight excluding hydrogens is 454 g/mol. The molecule has 0 aliphatic carbocycles. The van der Waals surface area contributed by atoms with Crippen LogP contribution in [0.1, 0.15) is 21.6 Å². The number of hydrogen-bond acceptors (Lipinski definition) is 5. The zero-order valence-corrected chi connectivity index (χ0v) is 19.4. The molecule has 0 fully saturated rings. The molecule has 3 heterocycles. The van der Waals surface area contributed by atoms with Gasteiger partial charge >= 0.3 is 5.97 Å². The van der Waals surface area contributed by atoms with E-state index in [1.807, 2.05) is 54.6 Å². The van der Waals surface area contributed by atoms with Crippen molar-refractivity contribution in [1.29, 1.82) is 0 Å². The highest BCUT2D eigenvalue weighted by Gasteiger charge is 2.20. The summed E-state index contributed by atoms with van der Waals surface area (Å²) in [5, 5.41) is 17.1. The predicted molar refractivity (Wildman–Crippen MR) is 136 cm³/mol. The minimum absolute atomic E-state index is 0.147. The summed E-state index contributed by atoms with van der Waals surface area (Å²) in [6, 6.07) is 26.9. The number of benzene rings is 3. The fourth-order valence-corrected chi connectivity index (χ4v) is 4.43. The van der Waals surface area contributed by atoms with E-state index < -0.39 is 5.97 Å². The topological polar surface area (TPSA) is 90.4 Å². The van der Waals surface area contributed by atoms with E-state index in [4.69, 9.17) is 14.1 Å². The fourth-order valence-electron chi connectivity index (χ4n) is 4.43. The Morgan fingerprint density at radius 3 is 2.58 bits per heavy atom. The Balaban J connectivity index is 1.32. The molecule has 0 atom stereocenters. The molecule has 0 aliphatic rings. The molecule has 6 aromatic rings. The number of hydrogen-bond donors (Lipinski definition) is 1. The summed E-state index contributed by atoms with van der Waals surface area (Å²) in [5.41, 5.74) is 2.68. The average Bonchev–Trinajstić information content (AvgIpc) is 3.54. The number of ether oxygens (including phenoxy) is 1. The molecule has 0 aliphatic heterocycles. The van der Waals surface area contributed by atoms with Gasteiger partial charge in [-0.1, -0.05) is 48.5 Å². The molecule has 3 aromatic heterocycles. The fraction of sp³-hybridized carbons (Fsp3) is 0.0690. The number of pyridine rings is 1. The van der Waals surface area contributed by atoms with Crippen LogP contribution in [0, 0.1) is 6.92 Å². The second kappa shape index (κ2) is 8.70. The van der Waals surface area contributed by atoms with Crippen LogP contribution < -0.4 is 4.74 Å². The Hall–Kier alpha value is -4.91. The zero-order chi connectivity index (χ0) is 24.6. The summed E-state index contributed by atoms with van der Waals surface area (Å²) >= 11 is 0. The van der Waals surface area contributed by atoms with Gasteiger partial charge < -0.3 is 14.3 Å². The Morgan fingerprint density at radius 2 is 1.81 bits per heavy atom. The number of furan rings is 1. The van der Waals surface area contributed by atoms with E-state index in [1.165, 1.54) is 12.3 Å². The molecule has 6 rings (SSSR count). The zero-order valence-electron chi connectivity index (χ0n) is 19.4. The first-order valence-corrected chi connectivity index (χ1v) is 11.5. The first-order valence-electron chi connectivity index (χ1n) is 11.5. The number of carboxylic acid groups (broad SMARTS) is 1. The molecule has 36 heavy (non-hydrogen) atoms. The van der Waals surface area contributed by atoms with Crippen LogP contribution in [0.2, 0.25) is 0 Å². The van der Waals surface area contributed by atoms with Gasteiger partial charge in [-0.15, -0.1) is 0 Å². The molecule has 3 aromatic carbocycles. The van der Waals surface area contributed by atoms with E-state index in [0.717, 1.165) is 27.8 Å². The Labute approximate surface area is 206 Å². The van der Waals surface area contributed by atoms with Crippen molar-refractivity contribution < 1.29 is 19.1 Å². The van der Waals surface area contributed by atoms with Crippen LogP contribution in [-0.4, -0.2) is 25.8 Å². The number of fused-ring (bicyclic) bond motifs is 2. The molecular formula is C29H21N3O4. The maximum atomic E-state index is 12.0. The molecule has 176 valence electrons. The van der Waals surface area contributed by atoms with Crippen LogP contribution in [0.3, 0.4) is 0 Å². The minimum Gasteiger partial charge on any atom is -0.478 e. The highest BCUT2D eigenvalue weighted by molar-refractivity contribution is 6.04. The summed E-state index contributed by atoms with van der Waals surface area (Å²) in [5.74, 6) is 0.987. The van der Waals surface area contributed by atoms with E-state index in [9.17, 15) is 9.90 Å². The number of nitrogens with zero attached hydrogens (tertiary/aromatic N) is 3. The standard InChI is InChI=1S/C29H21N3O4/c1-18-27-23(29(33)34)16-24(26-10-5-15-35-26)30-28(27)32(31-18)17-19-11-13-21(14-12-19)36-25-9-4-7-20-6-2-3-8-22(20)25/h2-16H,17H2,1H3,(H,33,34). The number of carbonyl (C=O) groups is 1. The van der Waals surface area contributed by atoms with Crippen LogP contribution in [-0.2, 0) is 6.54 Å². The maximum absolute atomic E-state index is 12.0. The van der Waals surface area contributed by atoms with Gasteiger partial charge in [-0.3, -0.25) is 0 Å². The second-order valence-corrected chi connectivity index (χ2v) is 8.50. The van der Waals surface area contributed by atoms with Crippen molar-refractivity contribution in [3.05, 3.63) is 108 Å². The molecule has 0 amide bonds. The van der Waals surface area contributed by atoms with Gasteiger partial charge in [-0.2, -0.15) is 5.10 Å². The van der Waals surface area contributed by atoms with Gasteiger partial charge in [0.15, 0.2) is 11.4 Å². The summed E-state index contributed by atoms with van der Waals surface area (Å²) in [6.07, 6.45) is 1.53. The lowest BCUT2D eigenvalue weighted by molar-refractivity contribution is 0.0699. The Morgan fingerprint density at radius 1 is 1.00 bits per heavy atom. The molecule has 0 saturated heterocycles. The number of aryl methyl sites for hydroxylation is 1. The molecule has 0 radical (unpaired) electrons. The van der Waals surface area contributed by atoms with Gasteiger partial charge in [0.25, 0.3) is 0 Å². The lowest BCUT2D eigenvalue weighted by atomic mass is 10.1. The van der Waals surface area contributed by atoms with Crippen LogP contribution in [0.5, 0.6) is 11.5 Å². The lowest BCUT2D eigenvalue weighted by Gasteiger charge is -2.10. The SMILES string of the molecule is Cc1nn(Cc2ccc(Oc3cccc4ccccc34)cc2)c2nc(-c3ccco3)cc(C(=O)O)c12. The van der Waals surface area contributed by atoms with E-state index >= 15 is 0 Å². The third-order valence-corrected chi connectivity index (χ3v) is 6.11. The Bertz CT molecular complexity index is 1710. The first kappa shape index (κ1) is 21.6. The number of aromatic nitrogens is 3. The monoisotopic (exact) mass is 475 g/mol. The molecule has 1 N–H and O–H groups in total. The van der Waals surface area contributed by atoms with Gasteiger partial charge in [0.1, 0.15) is 17.2 Å². The van der Waals surface area contributed by atoms with Crippen molar-refractivity contribution in [3.63, 3.8) is 0 Å². The maximum Gasteiger partial charge on any atom is 0.336 e. The summed E-state index contributed by atoms with van der Waals surface area (Å²) in [7, 11) is 0. The molecule has 0 bridgehead atoms. The quantitative estimate of drug-likeness (QED) is 0.289. The highest BCUT2D eigenvalue weighted by atomic mass is 16.5. The average molecular weight is 476 g/mol. The third-order valence-electron chi connectivity index (χ3n) is 6.11. The molecule has 0 saturated carbocycles. The third kappa shape index (κ3) is 3.86. The predicted octanol–water partition coefficient (Wildman–Crippen LogP) is 6.69. The van der Waals surface area contributed by atoms with Crippen LogP contribution in [0.4, 0.5) is 0 Å². The smallest absolute Gasteiger partial charge is 0.336 e. The molecule has 7 nitrogen and oxygen atoms in total. The van der Waals surface area contributed by atoms with Crippen molar-refractivity contribution in [2.24, 2.45) is 0 Å². The summed E-state index contributed by atoms with van der Waals surface area (Å²) < 4.78 is 13.3. The van der Waals surface area contributed by atoms with Crippen molar-refractivity contribution in [2.45, 2.75) is 13.5 Å². The van der Waals surface area contributed by atoms with Crippen molar-refractivity contribution >= 4 is 27.8 Å². The van der Waals surface area contributed by atoms with Crippen molar-refractivity contribution in [1.82, 2.24) is 14.8 Å². The Kier molecular flexibility index (Phi) is 5.22.